The zero-order chi connectivity index (χ0) is 21.6. The number of carbonyl (C=O) groups is 1. The van der Waals surface area contributed by atoms with Gasteiger partial charge in [-0.05, 0) is 23.3 Å². The van der Waals surface area contributed by atoms with Crippen LogP contribution in [-0.4, -0.2) is 54.0 Å². The number of ether oxygens (including phenoxy) is 1. The first-order valence-electron chi connectivity index (χ1n) is 10.2. The van der Waals surface area contributed by atoms with Crippen LogP contribution in [0.5, 0.6) is 5.75 Å². The van der Waals surface area contributed by atoms with Gasteiger partial charge in [0.15, 0.2) is 0 Å². The van der Waals surface area contributed by atoms with Gasteiger partial charge in [-0.25, -0.2) is 4.98 Å². The van der Waals surface area contributed by atoms with Gasteiger partial charge in [0.1, 0.15) is 17.5 Å². The van der Waals surface area contributed by atoms with E-state index in [4.69, 9.17) is 4.74 Å². The minimum atomic E-state index is -0.333. The molecule has 31 heavy (non-hydrogen) atoms. The van der Waals surface area contributed by atoms with Crippen molar-refractivity contribution in [2.24, 2.45) is 0 Å². The molecule has 0 radical (unpaired) electrons. The van der Waals surface area contributed by atoms with Gasteiger partial charge in [-0.15, -0.1) is 11.3 Å². The normalized spacial score (nSPS) is 15.3. The Morgan fingerprint density at radius 3 is 2.48 bits per heavy atom. The monoisotopic (exact) mass is 432 g/mol. The van der Waals surface area contributed by atoms with E-state index < -0.39 is 0 Å². The van der Waals surface area contributed by atoms with Crippen LogP contribution in [0.15, 0.2) is 60.0 Å². The fourth-order valence-electron chi connectivity index (χ4n) is 3.76. The number of benzene rings is 2. The molecule has 2 aromatic carbocycles. The number of nitriles is 1. The van der Waals surface area contributed by atoms with E-state index in [0.29, 0.717) is 31.9 Å². The molecule has 158 valence electrons. The van der Waals surface area contributed by atoms with Crippen molar-refractivity contribution in [3.05, 3.63) is 81.8 Å². The second-order valence-corrected chi connectivity index (χ2v) is 8.36. The fraction of sp³-hybridized carbons (Fsp3) is 0.292. The number of piperazine rings is 1. The van der Waals surface area contributed by atoms with Crippen molar-refractivity contribution in [2.45, 2.75) is 12.5 Å². The molecule has 0 N–H and O–H groups in total. The minimum absolute atomic E-state index is 0.0341. The van der Waals surface area contributed by atoms with E-state index in [1.165, 1.54) is 16.9 Å². The number of nitrogens with zero attached hydrogens (tertiary/aromatic N) is 4. The number of methoxy groups -OCH3 is 1. The summed E-state index contributed by atoms with van der Waals surface area (Å²) in [5, 5.41) is 12.5. The average Bonchev–Trinajstić information content (AvgIpc) is 3.29. The number of aromatic nitrogens is 1. The lowest BCUT2D eigenvalue weighted by atomic mass is 10.1. The quantitative estimate of drug-likeness (QED) is 0.593. The van der Waals surface area contributed by atoms with Gasteiger partial charge in [-0.2, -0.15) is 5.26 Å². The Kier molecular flexibility index (Phi) is 6.60. The topological polar surface area (TPSA) is 69.5 Å². The lowest BCUT2D eigenvalue weighted by Crippen LogP contribution is -2.49. The van der Waals surface area contributed by atoms with E-state index in [1.807, 2.05) is 52.7 Å². The number of thiazole rings is 1. The molecule has 1 unspecified atom stereocenters. The first-order chi connectivity index (χ1) is 15.2. The third-order valence-corrected chi connectivity index (χ3v) is 6.34. The Hall–Kier alpha value is -3.21. The van der Waals surface area contributed by atoms with Gasteiger partial charge in [0.25, 0.3) is 5.91 Å². The van der Waals surface area contributed by atoms with Gasteiger partial charge in [0, 0.05) is 38.0 Å². The number of rotatable bonds is 6. The minimum Gasteiger partial charge on any atom is -0.497 e. The first-order valence-corrected chi connectivity index (χ1v) is 11.1. The standard InChI is InChI=1S/C24H24N4O2S/c1-30-20-9-7-19(8-10-20)22(16-25)27-11-13-28(14-12-27)24(29)21-17-31-23(26-21)15-18-5-3-2-4-6-18/h2-10,17,22H,11-15H2,1H3. The maximum Gasteiger partial charge on any atom is 0.273 e. The third-order valence-electron chi connectivity index (χ3n) is 5.49. The Balaban J connectivity index is 1.36. The predicted molar refractivity (Wildman–Crippen MR) is 120 cm³/mol. The van der Waals surface area contributed by atoms with E-state index in [9.17, 15) is 10.1 Å². The predicted octanol–water partition coefficient (Wildman–Crippen LogP) is 3.77. The van der Waals surface area contributed by atoms with Gasteiger partial charge in [0.2, 0.25) is 0 Å². The maximum atomic E-state index is 12.9. The molecule has 1 fully saturated rings. The van der Waals surface area contributed by atoms with Crippen molar-refractivity contribution in [2.75, 3.05) is 33.3 Å². The second kappa shape index (κ2) is 9.73. The Bertz CT molecular complexity index is 1050. The molecule has 1 aromatic heterocycles. The number of hydrogen-bond acceptors (Lipinski definition) is 6. The van der Waals surface area contributed by atoms with Gasteiger partial charge in [-0.1, -0.05) is 42.5 Å². The molecule has 4 rings (SSSR count). The lowest BCUT2D eigenvalue weighted by molar-refractivity contribution is 0.0601. The van der Waals surface area contributed by atoms with Crippen molar-refractivity contribution >= 4 is 17.2 Å². The lowest BCUT2D eigenvalue weighted by Gasteiger charge is -2.36. The molecular formula is C24H24N4O2S. The number of carbonyl (C=O) groups excluding carboxylic acids is 1. The van der Waals surface area contributed by atoms with Crippen LogP contribution < -0.4 is 4.74 Å². The molecule has 1 aliphatic rings. The summed E-state index contributed by atoms with van der Waals surface area (Å²) >= 11 is 1.52. The number of hydrogen-bond donors (Lipinski definition) is 0. The molecule has 3 aromatic rings. The first kappa shape index (κ1) is 21.0. The van der Waals surface area contributed by atoms with E-state index in [-0.39, 0.29) is 11.9 Å². The molecule has 0 spiro atoms. The van der Waals surface area contributed by atoms with Crippen molar-refractivity contribution in [3.63, 3.8) is 0 Å². The summed E-state index contributed by atoms with van der Waals surface area (Å²) in [4.78, 5) is 21.4. The van der Waals surface area contributed by atoms with Gasteiger partial charge in [-0.3, -0.25) is 9.69 Å². The zero-order valence-corrected chi connectivity index (χ0v) is 18.2. The Morgan fingerprint density at radius 1 is 1.13 bits per heavy atom. The molecule has 1 aliphatic heterocycles. The Labute approximate surface area is 186 Å². The van der Waals surface area contributed by atoms with Crippen LogP contribution in [0.4, 0.5) is 0 Å². The van der Waals surface area contributed by atoms with Crippen molar-refractivity contribution in [3.8, 4) is 11.8 Å². The van der Waals surface area contributed by atoms with Crippen LogP contribution in [-0.2, 0) is 6.42 Å². The van der Waals surface area contributed by atoms with E-state index in [1.54, 1.807) is 7.11 Å². The largest absolute Gasteiger partial charge is 0.497 e. The summed E-state index contributed by atoms with van der Waals surface area (Å²) in [6.07, 6.45) is 0.734. The van der Waals surface area contributed by atoms with Crippen LogP contribution in [0.25, 0.3) is 0 Å². The molecular weight excluding hydrogens is 408 g/mol. The van der Waals surface area contributed by atoms with Crippen LogP contribution in [0.1, 0.15) is 32.7 Å². The smallest absolute Gasteiger partial charge is 0.273 e. The van der Waals surface area contributed by atoms with Crippen LogP contribution >= 0.6 is 11.3 Å². The molecule has 1 saturated heterocycles. The van der Waals surface area contributed by atoms with E-state index in [0.717, 1.165) is 22.7 Å². The third kappa shape index (κ3) is 4.93. The summed E-state index contributed by atoms with van der Waals surface area (Å²) in [6, 6.07) is 19.8. The van der Waals surface area contributed by atoms with Gasteiger partial charge >= 0.3 is 0 Å². The average molecular weight is 433 g/mol. The van der Waals surface area contributed by atoms with Crippen molar-refractivity contribution < 1.29 is 9.53 Å². The van der Waals surface area contributed by atoms with E-state index >= 15 is 0 Å². The maximum absolute atomic E-state index is 12.9. The SMILES string of the molecule is COc1ccc(C(C#N)N2CCN(C(=O)c3csc(Cc4ccccc4)n3)CC2)cc1. The van der Waals surface area contributed by atoms with Crippen LogP contribution in [0.3, 0.4) is 0 Å². The molecule has 6 nitrogen and oxygen atoms in total. The molecule has 0 bridgehead atoms. The van der Waals surface area contributed by atoms with Crippen LogP contribution in [0, 0.1) is 11.3 Å². The van der Waals surface area contributed by atoms with Gasteiger partial charge < -0.3 is 9.64 Å². The molecule has 1 atom stereocenters. The molecule has 2 heterocycles. The van der Waals surface area contributed by atoms with E-state index in [2.05, 4.69) is 28.1 Å². The van der Waals surface area contributed by atoms with Gasteiger partial charge in [0.05, 0.1) is 18.2 Å². The summed E-state index contributed by atoms with van der Waals surface area (Å²) in [5.41, 5.74) is 2.63. The molecule has 7 heteroatoms. The zero-order valence-electron chi connectivity index (χ0n) is 17.4. The highest BCUT2D eigenvalue weighted by atomic mass is 32.1. The summed E-state index contributed by atoms with van der Waals surface area (Å²) in [5.74, 6) is 0.735. The summed E-state index contributed by atoms with van der Waals surface area (Å²) in [6.45, 7) is 2.46. The van der Waals surface area contributed by atoms with Crippen LogP contribution in [0.2, 0.25) is 0 Å². The highest BCUT2D eigenvalue weighted by Crippen LogP contribution is 2.24. The highest BCUT2D eigenvalue weighted by Gasteiger charge is 2.28. The van der Waals surface area contributed by atoms with Crippen molar-refractivity contribution in [1.29, 1.82) is 5.26 Å². The fourth-order valence-corrected chi connectivity index (χ4v) is 4.56. The molecule has 0 aliphatic carbocycles. The Morgan fingerprint density at radius 2 is 1.84 bits per heavy atom. The summed E-state index contributed by atoms with van der Waals surface area (Å²) < 4.78 is 5.20. The molecule has 1 amide bonds. The van der Waals surface area contributed by atoms with Crippen molar-refractivity contribution in [1.82, 2.24) is 14.8 Å². The number of amides is 1. The molecule has 0 saturated carbocycles. The highest BCUT2D eigenvalue weighted by molar-refractivity contribution is 7.09. The summed E-state index contributed by atoms with van der Waals surface area (Å²) in [7, 11) is 1.62. The second-order valence-electron chi connectivity index (χ2n) is 7.42.